The molecule has 4 saturated heterocycles. The van der Waals surface area contributed by atoms with Gasteiger partial charge in [0.25, 0.3) is 11.8 Å². The Morgan fingerprint density at radius 1 is 0.564 bits per heavy atom. The molecule has 0 bridgehead atoms. The number of piperidine rings is 2. The van der Waals surface area contributed by atoms with Crippen LogP contribution in [-0.4, -0.2) is 135 Å². The summed E-state index contributed by atoms with van der Waals surface area (Å²) in [6.07, 6.45) is 16.0. The quantitative estimate of drug-likeness (QED) is 0.0799. The van der Waals surface area contributed by atoms with Gasteiger partial charge in [-0.15, -0.1) is 0 Å². The highest BCUT2D eigenvalue weighted by Gasteiger charge is 2.48. The van der Waals surface area contributed by atoms with Gasteiger partial charge in [0.15, 0.2) is 25.0 Å². The maximum absolute atomic E-state index is 13.9. The number of rotatable bonds is 22. The third kappa shape index (κ3) is 15.7. The molecule has 8 rings (SSSR count). The van der Waals surface area contributed by atoms with Gasteiger partial charge in [-0.1, -0.05) is 25.3 Å². The minimum Gasteiger partial charge on any atom is -0.493 e. The molecule has 428 valence electrons. The fourth-order valence-corrected chi connectivity index (χ4v) is 11.1. The number of Topliss-reactive ketones (excluding diaryl/α,β-unsaturated/α-hetero) is 2. The van der Waals surface area contributed by atoms with Crippen molar-refractivity contribution in [2.75, 3.05) is 62.5 Å². The number of carbonyl (C=O) groups excluding carboxylic acids is 6. The van der Waals surface area contributed by atoms with Crippen LogP contribution in [0.1, 0.15) is 174 Å². The Bertz CT molecular complexity index is 2240. The van der Waals surface area contributed by atoms with E-state index in [0.29, 0.717) is 99.2 Å². The fraction of sp³-hybridized carbons (Fsp3) is 0.633. The average Bonchev–Trinajstić information content (AvgIpc) is 3.65. The Morgan fingerprint density at radius 3 is 1.35 bits per heavy atom. The zero-order chi connectivity index (χ0) is 55.6. The van der Waals surface area contributed by atoms with Crippen molar-refractivity contribution in [1.82, 2.24) is 9.80 Å². The highest BCUT2D eigenvalue weighted by molar-refractivity contribution is 6.06. The number of carbonyl (C=O) groups is 6. The number of anilines is 2. The van der Waals surface area contributed by atoms with Crippen LogP contribution in [0.2, 0.25) is 0 Å². The molecule has 6 atom stereocenters. The van der Waals surface area contributed by atoms with Crippen LogP contribution in [0.3, 0.4) is 0 Å². The van der Waals surface area contributed by atoms with Gasteiger partial charge in [-0.25, -0.2) is 19.4 Å². The lowest BCUT2D eigenvalue weighted by molar-refractivity contribution is -0.199. The lowest BCUT2D eigenvalue weighted by Crippen LogP contribution is -2.57. The number of fused-ring (bicyclic) bond motifs is 4. The smallest absolute Gasteiger partial charge is 0.416 e. The molecule has 2 aromatic carbocycles. The first-order chi connectivity index (χ1) is 37.8. The molecular weight excluding hydrogens is 1000 g/mol. The number of amides is 4. The van der Waals surface area contributed by atoms with E-state index in [1.165, 1.54) is 22.0 Å². The van der Waals surface area contributed by atoms with Crippen molar-refractivity contribution in [3.63, 3.8) is 0 Å². The topological polar surface area (TPSA) is 189 Å². The lowest BCUT2D eigenvalue weighted by atomic mass is 10.00. The van der Waals surface area contributed by atoms with Gasteiger partial charge in [-0.2, -0.15) is 0 Å². The second-order valence-electron chi connectivity index (χ2n) is 21.2. The predicted molar refractivity (Wildman–Crippen MR) is 294 cm³/mol. The Hall–Kier alpha value is -5.82. The van der Waals surface area contributed by atoms with Crippen molar-refractivity contribution in [2.24, 2.45) is 0 Å². The molecule has 4 unspecified atom stereocenters. The standard InChI is InChI=1S/2C30H42N2O7/c2*1-4-16-38-30(35)32-25-20-26(36-17-10-5-6-12-22(3)33)21(2)19-23(25)28(34)31-15-9-7-13-24(31)29(32)39-27-14-8-11-18-37-27/h2*4,19-20,24,27,29H,1,5-18H2,2-3H3/t2*24-,27?,29?/m00/s1. The summed E-state index contributed by atoms with van der Waals surface area (Å²) in [5.41, 5.74) is 3.32. The van der Waals surface area contributed by atoms with Crippen molar-refractivity contribution in [1.29, 1.82) is 0 Å². The first-order valence-corrected chi connectivity index (χ1v) is 28.6. The highest BCUT2D eigenvalue weighted by atomic mass is 16.7. The Morgan fingerprint density at radius 2 is 0.974 bits per heavy atom. The molecule has 2 aromatic rings. The van der Waals surface area contributed by atoms with E-state index in [9.17, 15) is 28.8 Å². The van der Waals surface area contributed by atoms with Crippen molar-refractivity contribution < 1.29 is 66.7 Å². The monoisotopic (exact) mass is 1080 g/mol. The van der Waals surface area contributed by atoms with Gasteiger partial charge in [-0.3, -0.25) is 9.59 Å². The second-order valence-corrected chi connectivity index (χ2v) is 21.2. The summed E-state index contributed by atoms with van der Waals surface area (Å²) in [5.74, 6) is 1.34. The first kappa shape index (κ1) is 59.8. The summed E-state index contributed by atoms with van der Waals surface area (Å²) >= 11 is 0. The van der Waals surface area contributed by atoms with E-state index in [2.05, 4.69) is 13.2 Å². The molecule has 0 aromatic heterocycles. The van der Waals surface area contributed by atoms with Crippen molar-refractivity contribution in [2.45, 2.75) is 193 Å². The third-order valence-electron chi connectivity index (χ3n) is 15.1. The van der Waals surface area contributed by atoms with Crippen LogP contribution in [0, 0.1) is 13.8 Å². The van der Waals surface area contributed by atoms with E-state index in [1.54, 1.807) is 26.0 Å². The average molecular weight is 1090 g/mol. The van der Waals surface area contributed by atoms with Gasteiger partial charge >= 0.3 is 12.2 Å². The molecule has 0 radical (unpaired) electrons. The van der Waals surface area contributed by atoms with Gasteiger partial charge in [0.2, 0.25) is 0 Å². The number of ether oxygens (including phenoxy) is 8. The molecule has 6 aliphatic rings. The first-order valence-electron chi connectivity index (χ1n) is 28.6. The molecule has 4 fully saturated rings. The predicted octanol–water partition coefficient (Wildman–Crippen LogP) is 11.1. The zero-order valence-electron chi connectivity index (χ0n) is 46.6. The van der Waals surface area contributed by atoms with Crippen LogP contribution in [0.5, 0.6) is 11.5 Å². The zero-order valence-corrected chi connectivity index (χ0v) is 46.6. The van der Waals surface area contributed by atoms with Crippen LogP contribution in [0.15, 0.2) is 49.6 Å². The molecule has 78 heavy (non-hydrogen) atoms. The molecule has 6 aliphatic heterocycles. The molecule has 6 heterocycles. The Kier molecular flexibility index (Phi) is 23.0. The third-order valence-corrected chi connectivity index (χ3v) is 15.1. The normalized spacial score (nSPS) is 22.9. The summed E-state index contributed by atoms with van der Waals surface area (Å²) in [7, 11) is 0. The van der Waals surface area contributed by atoms with Crippen molar-refractivity contribution >= 4 is 46.9 Å². The lowest BCUT2D eigenvalue weighted by Gasteiger charge is -2.42. The van der Waals surface area contributed by atoms with Crippen molar-refractivity contribution in [3.8, 4) is 11.5 Å². The molecule has 18 heteroatoms. The van der Waals surface area contributed by atoms with Gasteiger partial charge in [0.1, 0.15) is 36.3 Å². The minimum absolute atomic E-state index is 0.0368. The van der Waals surface area contributed by atoms with Gasteiger partial charge in [0, 0.05) is 51.3 Å². The van der Waals surface area contributed by atoms with Gasteiger partial charge in [0.05, 0.1) is 47.8 Å². The SMILES string of the molecule is C=CCOC(=O)N1c2cc(OCCCCCC(C)=O)c(C)cc2C(=O)N2CCCC[C@H]2C1OC1CCCCO1.C=CCOC(=O)N1c2cc(OCCCCCC(C)=O)c(C)cc2C(=O)N2CCCC[C@H]2C1OC1CCCCO1. The molecule has 18 nitrogen and oxygen atoms in total. The van der Waals surface area contributed by atoms with E-state index in [4.69, 9.17) is 37.9 Å². The van der Waals surface area contributed by atoms with Crippen LogP contribution >= 0.6 is 0 Å². The summed E-state index contributed by atoms with van der Waals surface area (Å²) in [6.45, 7) is 17.8. The summed E-state index contributed by atoms with van der Waals surface area (Å²) < 4.78 is 48.2. The maximum atomic E-state index is 13.9. The molecule has 0 N–H and O–H groups in total. The number of nitrogens with zero attached hydrogens (tertiary/aromatic N) is 4. The molecule has 0 spiro atoms. The fourth-order valence-electron chi connectivity index (χ4n) is 11.1. The number of ketones is 2. The van der Waals surface area contributed by atoms with Crippen LogP contribution in [-0.2, 0) is 38.0 Å². The van der Waals surface area contributed by atoms with E-state index in [0.717, 1.165) is 114 Å². The molecule has 0 saturated carbocycles. The Balaban J connectivity index is 0.000000226. The van der Waals surface area contributed by atoms with E-state index >= 15 is 0 Å². The number of unbranched alkanes of at least 4 members (excludes halogenated alkanes) is 4. The summed E-state index contributed by atoms with van der Waals surface area (Å²) in [6, 6.07) is 6.50. The summed E-state index contributed by atoms with van der Waals surface area (Å²) in [4.78, 5) is 84.2. The highest BCUT2D eigenvalue weighted by Crippen LogP contribution is 2.42. The van der Waals surface area contributed by atoms with E-state index in [1.807, 2.05) is 35.8 Å². The number of benzene rings is 2. The number of hydrogen-bond donors (Lipinski definition) is 0. The minimum atomic E-state index is -0.766. The number of hydrogen-bond acceptors (Lipinski definition) is 14. The van der Waals surface area contributed by atoms with Crippen molar-refractivity contribution in [3.05, 3.63) is 71.8 Å². The maximum Gasteiger partial charge on any atom is 0.416 e. The van der Waals surface area contributed by atoms with E-state index in [-0.39, 0.29) is 48.7 Å². The number of aryl methyl sites for hydroxylation is 2. The Labute approximate surface area is 461 Å². The van der Waals surface area contributed by atoms with Crippen LogP contribution in [0.25, 0.3) is 0 Å². The molecule has 4 amide bonds. The van der Waals surface area contributed by atoms with E-state index < -0.39 is 37.2 Å². The van der Waals surface area contributed by atoms with Gasteiger partial charge in [-0.05, 0) is 167 Å². The largest absolute Gasteiger partial charge is 0.493 e. The molecule has 0 aliphatic carbocycles. The summed E-state index contributed by atoms with van der Waals surface area (Å²) in [5, 5.41) is 0. The molecular formula is C60H84N4O14. The van der Waals surface area contributed by atoms with Crippen LogP contribution in [0.4, 0.5) is 21.0 Å². The second kappa shape index (κ2) is 30.0. The van der Waals surface area contributed by atoms with Gasteiger partial charge < -0.3 is 57.3 Å². The van der Waals surface area contributed by atoms with Crippen LogP contribution < -0.4 is 19.3 Å².